The molecule has 0 unspecified atom stereocenters. The molecule has 0 aromatic heterocycles. The first kappa shape index (κ1) is 18.7. The number of hydrogen-bond donors (Lipinski definition) is 0. The van der Waals surface area contributed by atoms with Crippen molar-refractivity contribution < 1.29 is 9.59 Å². The number of piperidine rings is 2. The van der Waals surface area contributed by atoms with Crippen molar-refractivity contribution >= 4 is 11.8 Å². The number of amides is 2. The van der Waals surface area contributed by atoms with Gasteiger partial charge in [-0.05, 0) is 58.0 Å². The molecule has 0 saturated carbocycles. The predicted molar refractivity (Wildman–Crippen MR) is 99.3 cm³/mol. The number of rotatable bonds is 3. The molecule has 3 heterocycles. The van der Waals surface area contributed by atoms with Gasteiger partial charge < -0.3 is 9.80 Å². The Labute approximate surface area is 152 Å². The second kappa shape index (κ2) is 9.56. The van der Waals surface area contributed by atoms with Gasteiger partial charge in [0.1, 0.15) is 0 Å². The van der Waals surface area contributed by atoms with Crippen LogP contribution < -0.4 is 0 Å². The maximum absolute atomic E-state index is 12.6. The van der Waals surface area contributed by atoms with Gasteiger partial charge >= 0.3 is 0 Å². The lowest BCUT2D eigenvalue weighted by molar-refractivity contribution is -0.138. The van der Waals surface area contributed by atoms with Crippen molar-refractivity contribution in [3.05, 3.63) is 0 Å². The molecule has 142 valence electrons. The molecular formula is C20H35N3O2. The molecular weight excluding hydrogens is 314 g/mol. The third-order valence-electron chi connectivity index (χ3n) is 6.17. The third kappa shape index (κ3) is 5.44. The lowest BCUT2D eigenvalue weighted by atomic mass is 9.94. The van der Waals surface area contributed by atoms with Gasteiger partial charge in [0, 0.05) is 32.1 Å². The molecule has 0 aromatic rings. The number of nitrogens with zero attached hydrogens (tertiary/aromatic N) is 3. The van der Waals surface area contributed by atoms with Gasteiger partial charge in [0.05, 0.1) is 6.54 Å². The number of carbonyl (C=O) groups is 2. The van der Waals surface area contributed by atoms with Gasteiger partial charge in [-0.1, -0.05) is 19.3 Å². The first-order valence-electron chi connectivity index (χ1n) is 10.5. The van der Waals surface area contributed by atoms with Crippen LogP contribution in [0.1, 0.15) is 64.2 Å². The highest BCUT2D eigenvalue weighted by molar-refractivity contribution is 5.79. The van der Waals surface area contributed by atoms with Crippen molar-refractivity contribution in [2.24, 2.45) is 5.92 Å². The van der Waals surface area contributed by atoms with E-state index in [4.69, 9.17) is 0 Å². The van der Waals surface area contributed by atoms with E-state index in [1.165, 1.54) is 25.7 Å². The lowest BCUT2D eigenvalue weighted by Gasteiger charge is -2.36. The highest BCUT2D eigenvalue weighted by Gasteiger charge is 2.30. The van der Waals surface area contributed by atoms with E-state index < -0.39 is 0 Å². The van der Waals surface area contributed by atoms with Crippen LogP contribution >= 0.6 is 0 Å². The largest absolute Gasteiger partial charge is 0.342 e. The molecule has 0 spiro atoms. The monoisotopic (exact) mass is 349 g/mol. The Morgan fingerprint density at radius 1 is 0.640 bits per heavy atom. The summed E-state index contributed by atoms with van der Waals surface area (Å²) < 4.78 is 0. The van der Waals surface area contributed by atoms with Crippen molar-refractivity contribution in [1.82, 2.24) is 14.7 Å². The molecule has 3 aliphatic rings. The second-order valence-electron chi connectivity index (χ2n) is 8.08. The fraction of sp³-hybridized carbons (Fsp3) is 0.900. The summed E-state index contributed by atoms with van der Waals surface area (Å²) in [4.78, 5) is 31.7. The van der Waals surface area contributed by atoms with Crippen LogP contribution in [0.15, 0.2) is 0 Å². The van der Waals surface area contributed by atoms with E-state index in [0.717, 1.165) is 77.8 Å². The maximum atomic E-state index is 12.6. The molecule has 3 saturated heterocycles. The minimum Gasteiger partial charge on any atom is -0.342 e. The Kier molecular flexibility index (Phi) is 7.14. The molecule has 0 N–H and O–H groups in total. The van der Waals surface area contributed by atoms with E-state index in [1.54, 1.807) is 0 Å². The molecule has 0 atom stereocenters. The predicted octanol–water partition coefficient (Wildman–Crippen LogP) is 2.50. The standard InChI is InChI=1S/C20H35N3O2/c24-19(22-11-5-2-1-3-6-12-22)17-21-15-9-18(10-16-21)20(25)23-13-7-4-8-14-23/h18H,1-17H2. The van der Waals surface area contributed by atoms with Crippen LogP contribution in [0.25, 0.3) is 0 Å². The van der Waals surface area contributed by atoms with Gasteiger partial charge in [-0.2, -0.15) is 0 Å². The molecule has 0 aliphatic carbocycles. The average molecular weight is 350 g/mol. The summed E-state index contributed by atoms with van der Waals surface area (Å²) in [5, 5.41) is 0. The molecule has 3 aliphatic heterocycles. The van der Waals surface area contributed by atoms with E-state index in [-0.39, 0.29) is 5.92 Å². The van der Waals surface area contributed by atoms with Crippen LogP contribution in [0.2, 0.25) is 0 Å². The Morgan fingerprint density at radius 2 is 1.12 bits per heavy atom. The van der Waals surface area contributed by atoms with Gasteiger partial charge in [-0.15, -0.1) is 0 Å². The number of carbonyl (C=O) groups excluding carboxylic acids is 2. The van der Waals surface area contributed by atoms with E-state index in [2.05, 4.69) is 14.7 Å². The molecule has 0 bridgehead atoms. The van der Waals surface area contributed by atoms with Gasteiger partial charge in [0.25, 0.3) is 0 Å². The second-order valence-corrected chi connectivity index (χ2v) is 8.08. The summed E-state index contributed by atoms with van der Waals surface area (Å²) in [7, 11) is 0. The Morgan fingerprint density at radius 3 is 1.72 bits per heavy atom. The van der Waals surface area contributed by atoms with E-state index >= 15 is 0 Å². The van der Waals surface area contributed by atoms with Gasteiger partial charge in [0.2, 0.25) is 11.8 Å². The maximum Gasteiger partial charge on any atom is 0.236 e. The van der Waals surface area contributed by atoms with E-state index in [9.17, 15) is 9.59 Å². The van der Waals surface area contributed by atoms with Crippen molar-refractivity contribution in [1.29, 1.82) is 0 Å². The van der Waals surface area contributed by atoms with Gasteiger partial charge in [-0.25, -0.2) is 0 Å². The van der Waals surface area contributed by atoms with Gasteiger partial charge in [-0.3, -0.25) is 14.5 Å². The SMILES string of the molecule is O=C(CN1CCC(C(=O)N2CCCCC2)CC1)N1CCCCCCC1. The van der Waals surface area contributed by atoms with E-state index in [1.807, 2.05) is 0 Å². The summed E-state index contributed by atoms with van der Waals surface area (Å²) in [6.45, 7) is 6.10. The summed E-state index contributed by atoms with van der Waals surface area (Å²) in [5.74, 6) is 0.850. The number of likely N-dealkylation sites (tertiary alicyclic amines) is 3. The van der Waals surface area contributed by atoms with Crippen LogP contribution in [0.5, 0.6) is 0 Å². The number of hydrogen-bond acceptors (Lipinski definition) is 3. The van der Waals surface area contributed by atoms with Crippen LogP contribution in [0.4, 0.5) is 0 Å². The van der Waals surface area contributed by atoms with Crippen molar-refractivity contribution in [3.63, 3.8) is 0 Å². The van der Waals surface area contributed by atoms with E-state index in [0.29, 0.717) is 18.4 Å². The fourth-order valence-electron chi connectivity index (χ4n) is 4.50. The molecule has 5 nitrogen and oxygen atoms in total. The normalized spacial score (nSPS) is 24.6. The summed E-state index contributed by atoms with van der Waals surface area (Å²) >= 11 is 0. The molecule has 25 heavy (non-hydrogen) atoms. The zero-order chi connectivity index (χ0) is 17.5. The molecule has 3 rings (SSSR count). The topological polar surface area (TPSA) is 43.9 Å². The van der Waals surface area contributed by atoms with Crippen molar-refractivity contribution in [3.8, 4) is 0 Å². The van der Waals surface area contributed by atoms with Crippen LogP contribution in [0, 0.1) is 5.92 Å². The summed E-state index contributed by atoms with van der Waals surface area (Å²) in [6, 6.07) is 0. The first-order chi connectivity index (χ1) is 12.2. The van der Waals surface area contributed by atoms with Crippen molar-refractivity contribution in [2.45, 2.75) is 64.2 Å². The smallest absolute Gasteiger partial charge is 0.236 e. The summed E-state index contributed by atoms with van der Waals surface area (Å²) in [6.07, 6.45) is 11.6. The Hall–Kier alpha value is -1.10. The van der Waals surface area contributed by atoms with Crippen LogP contribution in [0.3, 0.4) is 0 Å². The lowest BCUT2D eigenvalue weighted by Crippen LogP contribution is -2.47. The van der Waals surface area contributed by atoms with Gasteiger partial charge in [0.15, 0.2) is 0 Å². The minimum absolute atomic E-state index is 0.186. The molecule has 0 radical (unpaired) electrons. The molecule has 0 aromatic carbocycles. The highest BCUT2D eigenvalue weighted by Crippen LogP contribution is 2.22. The Balaban J connectivity index is 1.40. The summed E-state index contributed by atoms with van der Waals surface area (Å²) in [5.41, 5.74) is 0. The van der Waals surface area contributed by atoms with Crippen LogP contribution in [-0.4, -0.2) is 72.3 Å². The molecule has 5 heteroatoms. The highest BCUT2D eigenvalue weighted by atomic mass is 16.2. The molecule has 2 amide bonds. The average Bonchev–Trinajstić information content (AvgIpc) is 2.62. The quantitative estimate of drug-likeness (QED) is 0.786. The zero-order valence-electron chi connectivity index (χ0n) is 15.8. The molecule has 3 fully saturated rings. The zero-order valence-corrected chi connectivity index (χ0v) is 15.8. The third-order valence-corrected chi connectivity index (χ3v) is 6.17. The Bertz CT molecular complexity index is 432. The fourth-order valence-corrected chi connectivity index (χ4v) is 4.50. The van der Waals surface area contributed by atoms with Crippen LogP contribution in [-0.2, 0) is 9.59 Å². The van der Waals surface area contributed by atoms with Crippen molar-refractivity contribution in [2.75, 3.05) is 45.8 Å². The first-order valence-corrected chi connectivity index (χ1v) is 10.5. The minimum atomic E-state index is 0.186.